The second-order valence-corrected chi connectivity index (χ2v) is 7.95. The minimum Gasteiger partial charge on any atom is -0.496 e. The van der Waals surface area contributed by atoms with Crippen LogP contribution in [0, 0.1) is 6.92 Å². The molecule has 4 aromatic rings. The number of hydrogen-bond acceptors (Lipinski definition) is 4. The number of alkyl halides is 3. The maximum atomic E-state index is 12.6. The molecule has 1 amide bonds. The van der Waals surface area contributed by atoms with Gasteiger partial charge in [-0.2, -0.15) is 0 Å². The van der Waals surface area contributed by atoms with Gasteiger partial charge in [0.1, 0.15) is 17.1 Å². The third-order valence-electron chi connectivity index (χ3n) is 5.39. The standard InChI is InChI=1S/C27H22F3NO4/c1-16-4-6-18(7-5-16)23-15-34-25-14-24(33-3)21(13-22(23)25)17(2)12-26(32)31-19-8-10-20(11-9-19)35-27(28,29)30/h4-15H,1-3H3,(H,31,32)/b17-12+. The molecule has 0 bridgehead atoms. The lowest BCUT2D eigenvalue weighted by Crippen LogP contribution is -2.17. The number of furan rings is 1. The van der Waals surface area contributed by atoms with Crippen molar-refractivity contribution in [1.82, 2.24) is 0 Å². The first-order valence-electron chi connectivity index (χ1n) is 10.6. The molecule has 0 saturated carbocycles. The normalized spacial score (nSPS) is 12.0. The lowest BCUT2D eigenvalue weighted by Gasteiger charge is -2.11. The summed E-state index contributed by atoms with van der Waals surface area (Å²) in [5.41, 5.74) is 5.39. The van der Waals surface area contributed by atoms with Crippen LogP contribution in [-0.2, 0) is 4.79 Å². The van der Waals surface area contributed by atoms with Gasteiger partial charge in [-0.25, -0.2) is 0 Å². The number of nitrogens with one attached hydrogen (secondary N) is 1. The molecular formula is C27H22F3NO4. The second-order valence-electron chi connectivity index (χ2n) is 7.95. The molecule has 1 heterocycles. The van der Waals surface area contributed by atoms with Crippen LogP contribution in [0.5, 0.6) is 11.5 Å². The van der Waals surface area contributed by atoms with E-state index in [0.29, 0.717) is 28.2 Å². The summed E-state index contributed by atoms with van der Waals surface area (Å²) in [5, 5.41) is 3.51. The number of ether oxygens (including phenoxy) is 2. The Bertz CT molecular complexity index is 1390. The number of halogens is 3. The monoisotopic (exact) mass is 481 g/mol. The van der Waals surface area contributed by atoms with E-state index in [4.69, 9.17) is 9.15 Å². The molecule has 0 aliphatic heterocycles. The van der Waals surface area contributed by atoms with Crippen molar-refractivity contribution in [3.05, 3.63) is 84.1 Å². The molecule has 0 atom stereocenters. The summed E-state index contributed by atoms with van der Waals surface area (Å²) in [6.07, 6.45) is -1.69. The van der Waals surface area contributed by atoms with Crippen LogP contribution >= 0.6 is 0 Å². The third kappa shape index (κ3) is 5.66. The van der Waals surface area contributed by atoms with Crippen molar-refractivity contribution in [1.29, 1.82) is 0 Å². The topological polar surface area (TPSA) is 60.7 Å². The molecule has 0 aliphatic carbocycles. The van der Waals surface area contributed by atoms with E-state index in [1.165, 1.54) is 25.3 Å². The summed E-state index contributed by atoms with van der Waals surface area (Å²) in [6, 6.07) is 16.7. The van der Waals surface area contributed by atoms with Crippen molar-refractivity contribution in [2.45, 2.75) is 20.2 Å². The van der Waals surface area contributed by atoms with Crippen molar-refractivity contribution in [2.24, 2.45) is 0 Å². The average Bonchev–Trinajstić information content (AvgIpc) is 3.22. The molecular weight excluding hydrogens is 459 g/mol. The van der Waals surface area contributed by atoms with E-state index in [1.54, 1.807) is 19.3 Å². The zero-order valence-electron chi connectivity index (χ0n) is 19.2. The Balaban J connectivity index is 1.59. The lowest BCUT2D eigenvalue weighted by atomic mass is 9.99. The van der Waals surface area contributed by atoms with E-state index in [2.05, 4.69) is 10.1 Å². The maximum Gasteiger partial charge on any atom is 0.573 e. The zero-order valence-corrected chi connectivity index (χ0v) is 19.2. The number of aryl methyl sites for hydroxylation is 1. The van der Waals surface area contributed by atoms with Crippen LogP contribution in [0.4, 0.5) is 18.9 Å². The Hall–Kier alpha value is -4.20. The number of rotatable bonds is 6. The second kappa shape index (κ2) is 9.58. The van der Waals surface area contributed by atoms with Crippen LogP contribution < -0.4 is 14.8 Å². The highest BCUT2D eigenvalue weighted by molar-refractivity contribution is 6.05. The van der Waals surface area contributed by atoms with Gasteiger partial charge in [0.15, 0.2) is 0 Å². The smallest absolute Gasteiger partial charge is 0.496 e. The van der Waals surface area contributed by atoms with Crippen molar-refractivity contribution < 1.29 is 31.9 Å². The molecule has 0 aliphatic rings. The molecule has 0 fully saturated rings. The first-order chi connectivity index (χ1) is 16.6. The predicted molar refractivity (Wildman–Crippen MR) is 128 cm³/mol. The first-order valence-corrected chi connectivity index (χ1v) is 10.6. The number of anilines is 1. The summed E-state index contributed by atoms with van der Waals surface area (Å²) in [5.74, 6) is -0.276. The highest BCUT2D eigenvalue weighted by Gasteiger charge is 2.31. The summed E-state index contributed by atoms with van der Waals surface area (Å²) < 4.78 is 52.1. The van der Waals surface area contributed by atoms with Gasteiger partial charge in [-0.05, 0) is 55.3 Å². The third-order valence-corrected chi connectivity index (χ3v) is 5.39. The van der Waals surface area contributed by atoms with E-state index in [9.17, 15) is 18.0 Å². The molecule has 1 aromatic heterocycles. The lowest BCUT2D eigenvalue weighted by molar-refractivity contribution is -0.274. The number of methoxy groups -OCH3 is 1. The molecule has 0 unspecified atom stereocenters. The SMILES string of the molecule is COc1cc2occ(-c3ccc(C)cc3)c2cc1/C(C)=C/C(=O)Nc1ccc(OC(F)(F)F)cc1. The maximum absolute atomic E-state index is 12.6. The Kier molecular flexibility index (Phi) is 6.55. The summed E-state index contributed by atoms with van der Waals surface area (Å²) >= 11 is 0. The van der Waals surface area contributed by atoms with Crippen molar-refractivity contribution in [2.75, 3.05) is 12.4 Å². The van der Waals surface area contributed by atoms with Gasteiger partial charge in [-0.1, -0.05) is 29.8 Å². The van der Waals surface area contributed by atoms with Crippen LogP contribution in [0.1, 0.15) is 18.1 Å². The van der Waals surface area contributed by atoms with E-state index in [1.807, 2.05) is 37.3 Å². The first kappa shape index (κ1) is 23.9. The molecule has 4 rings (SSSR count). The zero-order chi connectivity index (χ0) is 25.2. The molecule has 180 valence electrons. The summed E-state index contributed by atoms with van der Waals surface area (Å²) in [6.45, 7) is 3.79. The molecule has 5 nitrogen and oxygen atoms in total. The molecule has 0 spiro atoms. The molecule has 0 saturated heterocycles. The van der Waals surface area contributed by atoms with E-state index >= 15 is 0 Å². The van der Waals surface area contributed by atoms with E-state index in [-0.39, 0.29) is 5.75 Å². The number of fused-ring (bicyclic) bond motifs is 1. The Labute approximate surface area is 199 Å². The number of benzene rings is 3. The van der Waals surface area contributed by atoms with Crippen LogP contribution in [0.3, 0.4) is 0 Å². The van der Waals surface area contributed by atoms with Gasteiger partial charge in [0.25, 0.3) is 0 Å². The minimum atomic E-state index is -4.78. The Morgan fingerprint density at radius 1 is 1.03 bits per heavy atom. The van der Waals surface area contributed by atoms with Crippen LogP contribution in [-0.4, -0.2) is 19.4 Å². The van der Waals surface area contributed by atoms with Gasteiger partial charge in [0.2, 0.25) is 5.91 Å². The number of carbonyl (C=O) groups excluding carboxylic acids is 1. The van der Waals surface area contributed by atoms with E-state index in [0.717, 1.165) is 34.2 Å². The molecule has 3 aromatic carbocycles. The number of hydrogen-bond donors (Lipinski definition) is 1. The molecule has 0 radical (unpaired) electrons. The van der Waals surface area contributed by atoms with E-state index < -0.39 is 12.3 Å². The molecule has 1 N–H and O–H groups in total. The molecule has 8 heteroatoms. The minimum absolute atomic E-state index is 0.326. The van der Waals surface area contributed by atoms with Gasteiger partial charge in [-0.3, -0.25) is 4.79 Å². The van der Waals surface area contributed by atoms with Gasteiger partial charge < -0.3 is 19.2 Å². The average molecular weight is 481 g/mol. The Morgan fingerprint density at radius 2 is 1.71 bits per heavy atom. The summed E-state index contributed by atoms with van der Waals surface area (Å²) in [4.78, 5) is 12.6. The van der Waals surface area contributed by atoms with Crippen molar-refractivity contribution in [3.8, 4) is 22.6 Å². The highest BCUT2D eigenvalue weighted by Crippen LogP contribution is 2.37. The van der Waals surface area contributed by atoms with Crippen molar-refractivity contribution >= 4 is 28.1 Å². The highest BCUT2D eigenvalue weighted by atomic mass is 19.4. The van der Waals surface area contributed by atoms with Gasteiger partial charge in [0.05, 0.1) is 13.4 Å². The largest absolute Gasteiger partial charge is 0.573 e. The van der Waals surface area contributed by atoms with Crippen LogP contribution in [0.2, 0.25) is 0 Å². The predicted octanol–water partition coefficient (Wildman–Crippen LogP) is 7.36. The van der Waals surface area contributed by atoms with Gasteiger partial charge >= 0.3 is 6.36 Å². The quantitative estimate of drug-likeness (QED) is 0.292. The molecule has 35 heavy (non-hydrogen) atoms. The fraction of sp³-hybridized carbons (Fsp3) is 0.148. The summed E-state index contributed by atoms with van der Waals surface area (Å²) in [7, 11) is 1.53. The number of carbonyl (C=O) groups is 1. The number of allylic oxidation sites excluding steroid dienone is 1. The van der Waals surface area contributed by atoms with Crippen molar-refractivity contribution in [3.63, 3.8) is 0 Å². The van der Waals surface area contributed by atoms with Gasteiger partial charge in [-0.15, -0.1) is 13.2 Å². The van der Waals surface area contributed by atoms with Gasteiger partial charge in [0, 0.05) is 34.3 Å². The Morgan fingerprint density at radius 3 is 2.34 bits per heavy atom. The van der Waals surface area contributed by atoms with Crippen LogP contribution in [0.25, 0.3) is 27.7 Å². The number of amides is 1. The fourth-order valence-electron chi connectivity index (χ4n) is 3.68. The fourth-order valence-corrected chi connectivity index (χ4v) is 3.68. The van der Waals surface area contributed by atoms with Crippen LogP contribution in [0.15, 0.2) is 77.4 Å².